The van der Waals surface area contributed by atoms with Crippen LogP contribution in [-0.2, 0) is 0 Å². The summed E-state index contributed by atoms with van der Waals surface area (Å²) in [6.45, 7) is 3.78. The Morgan fingerprint density at radius 2 is 1.77 bits per heavy atom. The van der Waals surface area contributed by atoms with Gasteiger partial charge in [0.25, 0.3) is 5.91 Å². The molecule has 3 rings (SSSR count). The Labute approximate surface area is 188 Å². The van der Waals surface area contributed by atoms with Gasteiger partial charge >= 0.3 is 5.97 Å². The summed E-state index contributed by atoms with van der Waals surface area (Å²) in [5, 5.41) is 3.97. The van der Waals surface area contributed by atoms with Gasteiger partial charge in [0.15, 0.2) is 11.5 Å². The number of hydrazone groups is 1. The fourth-order valence-electron chi connectivity index (χ4n) is 2.59. The molecule has 31 heavy (non-hydrogen) atoms. The van der Waals surface area contributed by atoms with Crippen LogP contribution in [-0.4, -0.2) is 30.2 Å². The van der Waals surface area contributed by atoms with E-state index < -0.39 is 5.97 Å². The molecule has 7 nitrogen and oxygen atoms in total. The number of aryl methyl sites for hydroxylation is 2. The summed E-state index contributed by atoms with van der Waals surface area (Å²) in [7, 11) is 1.47. The Morgan fingerprint density at radius 1 is 1.06 bits per heavy atom. The monoisotopic (exact) mass is 481 g/mol. The largest absolute Gasteiger partial charge is 0.493 e. The minimum Gasteiger partial charge on any atom is -0.493 e. The first-order chi connectivity index (χ1) is 14.9. The fourth-order valence-corrected chi connectivity index (χ4v) is 3.13. The molecule has 1 aromatic heterocycles. The molecule has 1 N–H and O–H groups in total. The van der Waals surface area contributed by atoms with Crippen LogP contribution in [0.15, 0.2) is 64.3 Å². The van der Waals surface area contributed by atoms with E-state index in [1.165, 1.54) is 19.5 Å². The maximum absolute atomic E-state index is 12.5. The van der Waals surface area contributed by atoms with Crippen LogP contribution in [0.2, 0.25) is 0 Å². The Balaban J connectivity index is 1.73. The lowest BCUT2D eigenvalue weighted by Crippen LogP contribution is -2.17. The summed E-state index contributed by atoms with van der Waals surface area (Å²) in [4.78, 5) is 28.7. The lowest BCUT2D eigenvalue weighted by atomic mass is 10.1. The summed E-state index contributed by atoms with van der Waals surface area (Å²) in [5.41, 5.74) is 5.77. The summed E-state index contributed by atoms with van der Waals surface area (Å²) < 4.78 is 11.4. The first-order valence-corrected chi connectivity index (χ1v) is 10.1. The van der Waals surface area contributed by atoms with Crippen LogP contribution < -0.4 is 14.9 Å². The molecule has 0 unspecified atom stereocenters. The van der Waals surface area contributed by atoms with Gasteiger partial charge in [-0.3, -0.25) is 9.78 Å². The molecule has 0 aliphatic rings. The van der Waals surface area contributed by atoms with Crippen molar-refractivity contribution in [3.05, 3.63) is 87.1 Å². The quantitative estimate of drug-likeness (QED) is 0.243. The number of carbonyl (C=O) groups is 2. The maximum atomic E-state index is 12.5. The fraction of sp³-hybridized carbons (Fsp3) is 0.130. The van der Waals surface area contributed by atoms with Crippen molar-refractivity contribution in [3.63, 3.8) is 0 Å². The second kappa shape index (κ2) is 9.99. The van der Waals surface area contributed by atoms with Crippen molar-refractivity contribution in [2.45, 2.75) is 13.8 Å². The van der Waals surface area contributed by atoms with Crippen molar-refractivity contribution in [3.8, 4) is 11.5 Å². The Hall–Kier alpha value is -3.52. The normalized spacial score (nSPS) is 10.7. The van der Waals surface area contributed by atoms with Crippen LogP contribution in [0.4, 0.5) is 0 Å². The van der Waals surface area contributed by atoms with Crippen molar-refractivity contribution < 1.29 is 19.1 Å². The minimum atomic E-state index is -0.501. The molecule has 0 spiro atoms. The third kappa shape index (κ3) is 5.76. The van der Waals surface area contributed by atoms with Gasteiger partial charge in [-0.2, -0.15) is 5.10 Å². The van der Waals surface area contributed by atoms with E-state index in [4.69, 9.17) is 9.47 Å². The molecular formula is C23H20BrN3O4. The molecule has 1 amide bonds. The average Bonchev–Trinajstić information content (AvgIpc) is 2.76. The molecule has 8 heteroatoms. The first kappa shape index (κ1) is 22.2. The lowest BCUT2D eigenvalue weighted by Gasteiger charge is -2.12. The van der Waals surface area contributed by atoms with E-state index in [0.29, 0.717) is 26.9 Å². The van der Waals surface area contributed by atoms with Gasteiger partial charge in [0.1, 0.15) is 0 Å². The zero-order chi connectivity index (χ0) is 22.4. The van der Waals surface area contributed by atoms with Gasteiger partial charge in [-0.25, -0.2) is 10.2 Å². The van der Waals surface area contributed by atoms with E-state index in [1.807, 2.05) is 26.0 Å². The SMILES string of the molecule is COc1cc(/C=N/NC(=O)c2ccc(C)nc2)cc(Br)c1OC(=O)c1ccc(C)cc1. The van der Waals surface area contributed by atoms with E-state index in [0.717, 1.165) is 11.3 Å². The van der Waals surface area contributed by atoms with Crippen LogP contribution in [0.5, 0.6) is 11.5 Å². The standard InChI is InChI=1S/C23H20BrN3O4/c1-14-4-7-17(8-5-14)23(29)31-21-19(24)10-16(11-20(21)30-3)12-26-27-22(28)18-9-6-15(2)25-13-18/h4-13H,1-3H3,(H,27,28)/b26-12+. The number of aromatic nitrogens is 1. The van der Waals surface area contributed by atoms with Crippen LogP contribution in [0.1, 0.15) is 37.5 Å². The molecular weight excluding hydrogens is 462 g/mol. The molecule has 2 aromatic carbocycles. The number of hydrogen-bond donors (Lipinski definition) is 1. The van der Waals surface area contributed by atoms with Gasteiger partial charge in [0, 0.05) is 11.9 Å². The van der Waals surface area contributed by atoms with Gasteiger partial charge in [0.2, 0.25) is 0 Å². The molecule has 0 bridgehead atoms. The first-order valence-electron chi connectivity index (χ1n) is 9.30. The van der Waals surface area contributed by atoms with Gasteiger partial charge in [-0.15, -0.1) is 0 Å². The van der Waals surface area contributed by atoms with E-state index in [9.17, 15) is 9.59 Å². The van der Waals surface area contributed by atoms with Crippen LogP contribution in [0.25, 0.3) is 0 Å². The molecule has 0 atom stereocenters. The van der Waals surface area contributed by atoms with Crippen molar-refractivity contribution in [2.75, 3.05) is 7.11 Å². The van der Waals surface area contributed by atoms with Gasteiger partial charge in [-0.1, -0.05) is 17.7 Å². The number of nitrogens with zero attached hydrogens (tertiary/aromatic N) is 2. The van der Waals surface area contributed by atoms with Gasteiger partial charge in [0.05, 0.1) is 28.9 Å². The van der Waals surface area contributed by atoms with Crippen molar-refractivity contribution in [1.82, 2.24) is 10.4 Å². The molecule has 0 saturated carbocycles. The highest BCUT2D eigenvalue weighted by atomic mass is 79.9. The number of amides is 1. The minimum absolute atomic E-state index is 0.250. The number of halogens is 1. The number of benzene rings is 2. The number of rotatable bonds is 6. The Kier molecular flexibility index (Phi) is 7.15. The molecule has 1 heterocycles. The highest BCUT2D eigenvalue weighted by Crippen LogP contribution is 2.36. The number of ether oxygens (including phenoxy) is 2. The molecule has 0 radical (unpaired) electrons. The second-order valence-electron chi connectivity index (χ2n) is 6.68. The number of hydrogen-bond acceptors (Lipinski definition) is 6. The van der Waals surface area contributed by atoms with Crippen molar-refractivity contribution >= 4 is 34.0 Å². The van der Waals surface area contributed by atoms with Crippen molar-refractivity contribution in [1.29, 1.82) is 0 Å². The van der Waals surface area contributed by atoms with Gasteiger partial charge in [-0.05, 0) is 71.7 Å². The predicted octanol–water partition coefficient (Wildman–Crippen LogP) is 4.45. The number of methoxy groups -OCH3 is 1. The number of esters is 1. The Morgan fingerprint density at radius 3 is 2.42 bits per heavy atom. The smallest absolute Gasteiger partial charge is 0.343 e. The lowest BCUT2D eigenvalue weighted by molar-refractivity contribution is 0.0728. The van der Waals surface area contributed by atoms with E-state index in [2.05, 4.69) is 31.4 Å². The molecule has 0 aliphatic carbocycles. The number of carbonyl (C=O) groups excluding carboxylic acids is 2. The zero-order valence-electron chi connectivity index (χ0n) is 17.2. The number of pyridine rings is 1. The third-order valence-corrected chi connectivity index (χ3v) is 4.88. The summed E-state index contributed by atoms with van der Waals surface area (Å²) in [6.07, 6.45) is 2.94. The molecule has 0 fully saturated rings. The van der Waals surface area contributed by atoms with E-state index in [1.54, 1.807) is 36.4 Å². The molecule has 3 aromatic rings. The molecule has 158 valence electrons. The molecule has 0 saturated heterocycles. The predicted molar refractivity (Wildman–Crippen MR) is 121 cm³/mol. The zero-order valence-corrected chi connectivity index (χ0v) is 18.8. The summed E-state index contributed by atoms with van der Waals surface area (Å²) in [5.74, 6) is -0.289. The van der Waals surface area contributed by atoms with Crippen LogP contribution >= 0.6 is 15.9 Å². The highest BCUT2D eigenvalue weighted by Gasteiger charge is 2.16. The van der Waals surface area contributed by atoms with Crippen LogP contribution in [0.3, 0.4) is 0 Å². The Bertz CT molecular complexity index is 1130. The topological polar surface area (TPSA) is 89.9 Å². The average molecular weight is 482 g/mol. The summed E-state index contributed by atoms with van der Waals surface area (Å²) in [6, 6.07) is 13.8. The van der Waals surface area contributed by atoms with E-state index >= 15 is 0 Å². The highest BCUT2D eigenvalue weighted by molar-refractivity contribution is 9.10. The maximum Gasteiger partial charge on any atom is 0.343 e. The van der Waals surface area contributed by atoms with Crippen LogP contribution in [0, 0.1) is 13.8 Å². The second-order valence-corrected chi connectivity index (χ2v) is 7.53. The van der Waals surface area contributed by atoms with Crippen molar-refractivity contribution in [2.24, 2.45) is 5.10 Å². The summed E-state index contributed by atoms with van der Waals surface area (Å²) >= 11 is 3.40. The third-order valence-electron chi connectivity index (χ3n) is 4.29. The number of nitrogens with one attached hydrogen (secondary N) is 1. The molecule has 0 aliphatic heterocycles. The van der Waals surface area contributed by atoms with E-state index in [-0.39, 0.29) is 11.7 Å². The van der Waals surface area contributed by atoms with Gasteiger partial charge < -0.3 is 9.47 Å².